The van der Waals surface area contributed by atoms with Crippen LogP contribution in [0.1, 0.15) is 16.2 Å². The van der Waals surface area contributed by atoms with Crippen molar-refractivity contribution >= 4 is 25.8 Å². The highest BCUT2D eigenvalue weighted by molar-refractivity contribution is 7.92. The second-order valence-corrected chi connectivity index (χ2v) is 9.93. The predicted octanol–water partition coefficient (Wildman–Crippen LogP) is -1.13. The van der Waals surface area contributed by atoms with E-state index in [0.29, 0.717) is 5.76 Å². The molecule has 1 amide bonds. The summed E-state index contributed by atoms with van der Waals surface area (Å²) in [4.78, 5) is 17.9. The number of carbonyl (C=O) groups is 1. The highest BCUT2D eigenvalue weighted by Crippen LogP contribution is 2.29. The smallest absolute Gasteiger partial charge is 0.276 e. The number of piperazine rings is 1. The average Bonchev–Trinajstić information content (AvgIpc) is 2.97. The Labute approximate surface area is 134 Å². The molecule has 0 bridgehead atoms. The Balaban J connectivity index is 1.96. The molecule has 0 N–H and O–H groups in total. The number of sulfone groups is 1. The zero-order chi connectivity index (χ0) is 17.0. The van der Waals surface area contributed by atoms with Crippen molar-refractivity contribution in [2.75, 3.05) is 30.9 Å². The number of nitrogens with zero attached hydrogens (tertiary/aromatic N) is 3. The van der Waals surface area contributed by atoms with Gasteiger partial charge in [-0.05, 0) is 6.92 Å². The molecule has 11 heteroatoms. The normalized spacial score (nSPS) is 27.8. The van der Waals surface area contributed by atoms with Crippen molar-refractivity contribution in [3.8, 4) is 0 Å². The molecule has 2 atom stereocenters. The van der Waals surface area contributed by atoms with E-state index in [9.17, 15) is 21.6 Å². The van der Waals surface area contributed by atoms with Crippen LogP contribution in [0.3, 0.4) is 0 Å². The van der Waals surface area contributed by atoms with E-state index in [1.807, 2.05) is 0 Å². The van der Waals surface area contributed by atoms with Gasteiger partial charge in [0.05, 0.1) is 29.8 Å². The van der Waals surface area contributed by atoms with Crippen LogP contribution in [0, 0.1) is 6.92 Å². The predicted molar refractivity (Wildman–Crippen MR) is 80.1 cm³/mol. The lowest BCUT2D eigenvalue weighted by Crippen LogP contribution is -2.61. The van der Waals surface area contributed by atoms with Gasteiger partial charge < -0.3 is 9.32 Å². The van der Waals surface area contributed by atoms with Gasteiger partial charge >= 0.3 is 0 Å². The van der Waals surface area contributed by atoms with Crippen molar-refractivity contribution in [1.82, 2.24) is 14.2 Å². The van der Waals surface area contributed by atoms with E-state index >= 15 is 0 Å². The Morgan fingerprint density at radius 1 is 1.30 bits per heavy atom. The van der Waals surface area contributed by atoms with E-state index in [4.69, 9.17) is 4.42 Å². The maximum atomic E-state index is 12.6. The number of fused-ring (bicyclic) bond motifs is 1. The maximum absolute atomic E-state index is 12.6. The van der Waals surface area contributed by atoms with Crippen molar-refractivity contribution in [1.29, 1.82) is 0 Å². The number of sulfonamides is 1. The Bertz CT molecular complexity index is 844. The summed E-state index contributed by atoms with van der Waals surface area (Å²) in [5, 5.41) is 0. The first kappa shape index (κ1) is 16.4. The molecule has 2 aliphatic heterocycles. The fourth-order valence-corrected chi connectivity index (χ4v) is 6.43. The van der Waals surface area contributed by atoms with Crippen molar-refractivity contribution in [3.05, 3.63) is 17.8 Å². The number of rotatable bonds is 2. The molecular weight excluding hydrogens is 346 g/mol. The van der Waals surface area contributed by atoms with Crippen LogP contribution in [0.5, 0.6) is 0 Å². The number of hydrogen-bond donors (Lipinski definition) is 0. The second kappa shape index (κ2) is 5.28. The SMILES string of the molecule is Cc1ocnc1C(=O)N1CCN(S(C)(=O)=O)[C@@H]2CS(=O)(=O)C[C@@H]21. The molecule has 3 heterocycles. The van der Waals surface area contributed by atoms with Crippen LogP contribution in [0.4, 0.5) is 0 Å². The van der Waals surface area contributed by atoms with E-state index < -0.39 is 37.9 Å². The molecule has 2 fully saturated rings. The molecular formula is C12H17N3O6S2. The number of hydrogen-bond acceptors (Lipinski definition) is 7. The fourth-order valence-electron chi connectivity index (χ4n) is 3.23. The Hall–Kier alpha value is -1.46. The molecule has 0 aromatic carbocycles. The molecule has 2 saturated heterocycles. The Morgan fingerprint density at radius 3 is 2.52 bits per heavy atom. The topological polar surface area (TPSA) is 118 Å². The third-order valence-electron chi connectivity index (χ3n) is 4.26. The minimum absolute atomic E-state index is 0.0676. The van der Waals surface area contributed by atoms with Crippen LogP contribution in [-0.4, -0.2) is 79.9 Å². The van der Waals surface area contributed by atoms with Crippen molar-refractivity contribution in [2.45, 2.75) is 19.0 Å². The van der Waals surface area contributed by atoms with Gasteiger partial charge in [0.1, 0.15) is 5.76 Å². The fraction of sp³-hybridized carbons (Fsp3) is 0.667. The van der Waals surface area contributed by atoms with Crippen LogP contribution >= 0.6 is 0 Å². The van der Waals surface area contributed by atoms with E-state index in [-0.39, 0.29) is 30.3 Å². The lowest BCUT2D eigenvalue weighted by molar-refractivity contribution is 0.0509. The molecule has 9 nitrogen and oxygen atoms in total. The van der Waals surface area contributed by atoms with Gasteiger partial charge in [-0.2, -0.15) is 4.31 Å². The highest BCUT2D eigenvalue weighted by atomic mass is 32.2. The molecule has 2 aliphatic rings. The summed E-state index contributed by atoms with van der Waals surface area (Å²) in [6, 6.07) is -1.45. The summed E-state index contributed by atoms with van der Waals surface area (Å²) >= 11 is 0. The zero-order valence-electron chi connectivity index (χ0n) is 12.7. The molecule has 1 aromatic rings. The Kier molecular flexibility index (Phi) is 3.76. The number of aromatic nitrogens is 1. The van der Waals surface area contributed by atoms with E-state index in [1.165, 1.54) is 9.21 Å². The van der Waals surface area contributed by atoms with Crippen LogP contribution < -0.4 is 0 Å². The molecule has 0 aliphatic carbocycles. The third kappa shape index (κ3) is 2.88. The first-order chi connectivity index (χ1) is 10.6. The summed E-state index contributed by atoms with van der Waals surface area (Å²) in [5.74, 6) is -0.604. The summed E-state index contributed by atoms with van der Waals surface area (Å²) in [6.45, 7) is 1.78. The van der Waals surface area contributed by atoms with Crippen LogP contribution in [-0.2, 0) is 19.9 Å². The zero-order valence-corrected chi connectivity index (χ0v) is 14.3. The van der Waals surface area contributed by atoms with E-state index in [0.717, 1.165) is 12.6 Å². The average molecular weight is 363 g/mol. The third-order valence-corrected chi connectivity index (χ3v) is 7.26. The monoisotopic (exact) mass is 363 g/mol. The molecule has 0 radical (unpaired) electrons. The number of amides is 1. The summed E-state index contributed by atoms with van der Waals surface area (Å²) in [7, 11) is -6.96. The van der Waals surface area contributed by atoms with Crippen LogP contribution in [0.2, 0.25) is 0 Å². The molecule has 0 spiro atoms. The highest BCUT2D eigenvalue weighted by Gasteiger charge is 2.50. The van der Waals surface area contributed by atoms with Crippen LogP contribution in [0.15, 0.2) is 10.8 Å². The van der Waals surface area contributed by atoms with Gasteiger partial charge in [-0.15, -0.1) is 0 Å². The minimum Gasteiger partial charge on any atom is -0.448 e. The number of carbonyl (C=O) groups excluding carboxylic acids is 1. The molecule has 128 valence electrons. The quantitative estimate of drug-likeness (QED) is 0.652. The summed E-state index contributed by atoms with van der Waals surface area (Å²) in [6.07, 6.45) is 2.20. The van der Waals surface area contributed by atoms with Gasteiger partial charge in [0.15, 0.2) is 21.9 Å². The van der Waals surface area contributed by atoms with Gasteiger partial charge in [0.25, 0.3) is 5.91 Å². The van der Waals surface area contributed by atoms with Gasteiger partial charge in [0, 0.05) is 13.1 Å². The number of aryl methyl sites for hydroxylation is 1. The lowest BCUT2D eigenvalue weighted by atomic mass is 10.1. The van der Waals surface area contributed by atoms with Crippen molar-refractivity contribution in [2.24, 2.45) is 0 Å². The first-order valence-corrected chi connectivity index (χ1v) is 10.7. The van der Waals surface area contributed by atoms with Gasteiger partial charge in [-0.3, -0.25) is 4.79 Å². The van der Waals surface area contributed by atoms with Gasteiger partial charge in [-0.1, -0.05) is 0 Å². The van der Waals surface area contributed by atoms with Gasteiger partial charge in [0.2, 0.25) is 10.0 Å². The molecule has 1 aromatic heterocycles. The minimum atomic E-state index is -3.54. The largest absolute Gasteiger partial charge is 0.448 e. The summed E-state index contributed by atoms with van der Waals surface area (Å²) < 4.78 is 54.0. The maximum Gasteiger partial charge on any atom is 0.276 e. The van der Waals surface area contributed by atoms with Crippen molar-refractivity contribution in [3.63, 3.8) is 0 Å². The number of oxazole rings is 1. The lowest BCUT2D eigenvalue weighted by Gasteiger charge is -2.42. The van der Waals surface area contributed by atoms with Crippen molar-refractivity contribution < 1.29 is 26.0 Å². The molecule has 0 saturated carbocycles. The Morgan fingerprint density at radius 2 is 1.96 bits per heavy atom. The van der Waals surface area contributed by atoms with E-state index in [1.54, 1.807) is 6.92 Å². The standard InChI is InChI=1S/C12H17N3O6S2/c1-8-11(13-7-21-8)12(16)14-3-4-15(22(2,17)18)10-6-23(19,20)5-9(10)14/h7,9-10H,3-6H2,1-2H3/t9-,10+/m0/s1. The molecule has 0 unspecified atom stereocenters. The first-order valence-electron chi connectivity index (χ1n) is 6.98. The van der Waals surface area contributed by atoms with Gasteiger partial charge in [-0.25, -0.2) is 21.8 Å². The molecule has 23 heavy (non-hydrogen) atoms. The second-order valence-electron chi connectivity index (χ2n) is 5.84. The van der Waals surface area contributed by atoms with E-state index in [2.05, 4.69) is 4.98 Å². The summed E-state index contributed by atoms with van der Waals surface area (Å²) in [5.41, 5.74) is 0.126. The molecule has 3 rings (SSSR count). The van der Waals surface area contributed by atoms with Crippen LogP contribution in [0.25, 0.3) is 0 Å².